The molecule has 1 aliphatic rings. The summed E-state index contributed by atoms with van der Waals surface area (Å²) in [5.74, 6) is 1.15. The number of likely N-dealkylation sites (N-methyl/N-ethyl adjacent to an activating group) is 1. The van der Waals surface area contributed by atoms with E-state index in [9.17, 15) is 4.79 Å². The number of rotatable bonds is 7. The Bertz CT molecular complexity index is 1170. The highest BCUT2D eigenvalue weighted by Gasteiger charge is 2.21. The Labute approximate surface area is 210 Å². The third-order valence-corrected chi connectivity index (χ3v) is 6.78. The molecule has 0 spiro atoms. The summed E-state index contributed by atoms with van der Waals surface area (Å²) in [4.78, 5) is 15.0. The van der Waals surface area contributed by atoms with Crippen LogP contribution in [0.5, 0.6) is 5.75 Å². The van der Waals surface area contributed by atoms with Crippen molar-refractivity contribution in [3.8, 4) is 5.75 Å². The van der Waals surface area contributed by atoms with Crippen LogP contribution in [0.25, 0.3) is 5.57 Å². The molecule has 1 aliphatic heterocycles. The predicted molar refractivity (Wildman–Crippen MR) is 145 cm³/mol. The molecule has 1 heterocycles. The maximum absolute atomic E-state index is 12.7. The molecule has 35 heavy (non-hydrogen) atoms. The highest BCUT2D eigenvalue weighted by molar-refractivity contribution is 5.96. The number of fused-ring (bicyclic) bond motifs is 2. The highest BCUT2D eigenvalue weighted by Crippen LogP contribution is 2.38. The molecule has 0 saturated heterocycles. The number of carbonyl (C=O) groups is 1. The Morgan fingerprint density at radius 3 is 2.29 bits per heavy atom. The van der Waals surface area contributed by atoms with E-state index in [-0.39, 0.29) is 11.2 Å². The molecule has 182 valence electrons. The van der Waals surface area contributed by atoms with Crippen LogP contribution in [0.3, 0.4) is 0 Å². The molecule has 4 rings (SSSR count). The Morgan fingerprint density at radius 2 is 1.57 bits per heavy atom. The van der Waals surface area contributed by atoms with Gasteiger partial charge in [0.25, 0.3) is 0 Å². The molecular weight excluding hydrogens is 430 g/mol. The summed E-state index contributed by atoms with van der Waals surface area (Å²) < 4.78 is 6.13. The van der Waals surface area contributed by atoms with Gasteiger partial charge in [0, 0.05) is 24.1 Å². The van der Waals surface area contributed by atoms with Crippen LogP contribution in [0.2, 0.25) is 0 Å². The second-order valence-corrected chi connectivity index (χ2v) is 10.7. The maximum atomic E-state index is 12.7. The molecule has 0 unspecified atom stereocenters. The standard InChI is InChI=1S/C32H37NO2/c1-23(31-27-12-7-6-11-25(27)22-35-30-15-9-8-13-28(30)31)21-33(5)20-10-14-29(34)24-16-18-26(19-17-24)32(2,3)4/h6-9,11-13,15-19H,10,14,20-22H2,1-5H3/b31-23+. The minimum absolute atomic E-state index is 0.0984. The zero-order valence-corrected chi connectivity index (χ0v) is 21.7. The minimum atomic E-state index is 0.0984. The van der Waals surface area contributed by atoms with E-state index in [0.29, 0.717) is 13.0 Å². The number of nitrogens with zero attached hydrogens (tertiary/aromatic N) is 1. The van der Waals surface area contributed by atoms with Crippen LogP contribution >= 0.6 is 0 Å². The number of hydrogen-bond donors (Lipinski definition) is 0. The van der Waals surface area contributed by atoms with Crippen molar-refractivity contribution in [1.29, 1.82) is 0 Å². The fourth-order valence-corrected chi connectivity index (χ4v) is 4.82. The van der Waals surface area contributed by atoms with Crippen LogP contribution in [-0.2, 0) is 12.0 Å². The van der Waals surface area contributed by atoms with Crippen molar-refractivity contribution in [3.63, 3.8) is 0 Å². The summed E-state index contributed by atoms with van der Waals surface area (Å²) in [7, 11) is 2.14. The van der Waals surface area contributed by atoms with Crippen molar-refractivity contribution in [3.05, 3.63) is 106 Å². The van der Waals surface area contributed by atoms with E-state index in [1.54, 1.807) is 0 Å². The molecule has 3 aromatic rings. The Balaban J connectivity index is 1.43. The summed E-state index contributed by atoms with van der Waals surface area (Å²) in [6.45, 7) is 11.1. The Hall–Kier alpha value is -3.17. The SMILES string of the molecule is C/C(CN(C)CCCC(=O)c1ccc(C(C)(C)C)cc1)=C1/c2ccccc2COc2ccccc21. The third-order valence-electron chi connectivity index (χ3n) is 6.78. The largest absolute Gasteiger partial charge is 0.488 e. The van der Waals surface area contributed by atoms with Crippen molar-refractivity contribution in [2.24, 2.45) is 0 Å². The first-order valence-corrected chi connectivity index (χ1v) is 12.6. The lowest BCUT2D eigenvalue weighted by atomic mass is 9.86. The van der Waals surface area contributed by atoms with E-state index in [0.717, 1.165) is 36.4 Å². The fraction of sp³-hybridized carbons (Fsp3) is 0.344. The van der Waals surface area contributed by atoms with Crippen LogP contribution in [0.1, 0.15) is 73.1 Å². The summed E-state index contributed by atoms with van der Waals surface area (Å²) >= 11 is 0. The quantitative estimate of drug-likeness (QED) is 0.342. The zero-order valence-electron chi connectivity index (χ0n) is 21.7. The maximum Gasteiger partial charge on any atom is 0.162 e. The van der Waals surface area contributed by atoms with Crippen LogP contribution in [0.4, 0.5) is 0 Å². The van der Waals surface area contributed by atoms with Gasteiger partial charge < -0.3 is 9.64 Å². The third kappa shape index (κ3) is 5.91. The zero-order chi connectivity index (χ0) is 25.0. The monoisotopic (exact) mass is 467 g/mol. The molecular formula is C32H37NO2. The van der Waals surface area contributed by atoms with Crippen molar-refractivity contribution in [1.82, 2.24) is 4.90 Å². The van der Waals surface area contributed by atoms with Gasteiger partial charge in [0.05, 0.1) is 0 Å². The van der Waals surface area contributed by atoms with Crippen molar-refractivity contribution in [2.45, 2.75) is 52.6 Å². The van der Waals surface area contributed by atoms with Crippen LogP contribution in [0, 0.1) is 0 Å². The van der Waals surface area contributed by atoms with Gasteiger partial charge in [-0.15, -0.1) is 0 Å². The number of ether oxygens (including phenoxy) is 1. The lowest BCUT2D eigenvalue weighted by molar-refractivity contribution is 0.0976. The molecule has 0 atom stereocenters. The van der Waals surface area contributed by atoms with E-state index < -0.39 is 0 Å². The summed E-state index contributed by atoms with van der Waals surface area (Å²) in [6.07, 6.45) is 1.41. The van der Waals surface area contributed by atoms with Gasteiger partial charge in [-0.1, -0.05) is 93.1 Å². The van der Waals surface area contributed by atoms with E-state index in [2.05, 4.69) is 94.2 Å². The van der Waals surface area contributed by atoms with Crippen LogP contribution in [-0.4, -0.2) is 30.8 Å². The number of benzene rings is 3. The van der Waals surface area contributed by atoms with Crippen molar-refractivity contribution < 1.29 is 9.53 Å². The first-order chi connectivity index (χ1) is 16.7. The van der Waals surface area contributed by atoms with Gasteiger partial charge in [-0.05, 0) is 60.7 Å². The fourth-order valence-electron chi connectivity index (χ4n) is 4.82. The second kappa shape index (κ2) is 10.6. The number of hydrogen-bond acceptors (Lipinski definition) is 3. The molecule has 0 amide bonds. The molecule has 0 bridgehead atoms. The van der Waals surface area contributed by atoms with Gasteiger partial charge in [0.15, 0.2) is 5.78 Å². The summed E-state index contributed by atoms with van der Waals surface area (Å²) in [5, 5.41) is 0. The molecule has 3 aromatic carbocycles. The van der Waals surface area contributed by atoms with Gasteiger partial charge in [-0.3, -0.25) is 4.79 Å². The average Bonchev–Trinajstić information content (AvgIpc) is 3.00. The molecule has 0 N–H and O–H groups in total. The molecule has 3 heteroatoms. The topological polar surface area (TPSA) is 29.5 Å². The van der Waals surface area contributed by atoms with E-state index in [1.165, 1.54) is 27.8 Å². The molecule has 0 fully saturated rings. The number of Topliss-reactive ketones (excluding diaryl/α,β-unsaturated/α-hetero) is 1. The average molecular weight is 468 g/mol. The lowest BCUT2D eigenvalue weighted by Gasteiger charge is -2.21. The molecule has 0 radical (unpaired) electrons. The predicted octanol–water partition coefficient (Wildman–Crippen LogP) is 7.29. The summed E-state index contributed by atoms with van der Waals surface area (Å²) in [6, 6.07) is 25.0. The van der Waals surface area contributed by atoms with Crippen molar-refractivity contribution in [2.75, 3.05) is 20.1 Å². The molecule has 0 aliphatic carbocycles. The highest BCUT2D eigenvalue weighted by atomic mass is 16.5. The van der Waals surface area contributed by atoms with Crippen LogP contribution < -0.4 is 4.74 Å². The minimum Gasteiger partial charge on any atom is -0.488 e. The van der Waals surface area contributed by atoms with E-state index in [1.807, 2.05) is 18.2 Å². The molecule has 3 nitrogen and oxygen atoms in total. The van der Waals surface area contributed by atoms with Gasteiger partial charge in [-0.25, -0.2) is 0 Å². The number of para-hydroxylation sites is 1. The van der Waals surface area contributed by atoms with Crippen LogP contribution in [0.15, 0.2) is 78.4 Å². The smallest absolute Gasteiger partial charge is 0.162 e. The lowest BCUT2D eigenvalue weighted by Crippen LogP contribution is -2.23. The van der Waals surface area contributed by atoms with Crippen molar-refractivity contribution >= 4 is 11.4 Å². The van der Waals surface area contributed by atoms with E-state index >= 15 is 0 Å². The van der Waals surface area contributed by atoms with Gasteiger partial charge in [0.2, 0.25) is 0 Å². The molecule has 0 saturated carbocycles. The van der Waals surface area contributed by atoms with Gasteiger partial charge in [0.1, 0.15) is 12.4 Å². The number of carbonyl (C=O) groups excluding carboxylic acids is 1. The van der Waals surface area contributed by atoms with Gasteiger partial charge >= 0.3 is 0 Å². The first-order valence-electron chi connectivity index (χ1n) is 12.6. The Kier molecular flexibility index (Phi) is 7.57. The van der Waals surface area contributed by atoms with E-state index in [4.69, 9.17) is 4.74 Å². The molecule has 0 aromatic heterocycles. The Morgan fingerprint density at radius 1 is 0.914 bits per heavy atom. The van der Waals surface area contributed by atoms with Gasteiger partial charge in [-0.2, -0.15) is 0 Å². The first kappa shape index (κ1) is 24.9. The summed E-state index contributed by atoms with van der Waals surface area (Å²) in [5.41, 5.74) is 8.34. The number of ketones is 1. The second-order valence-electron chi connectivity index (χ2n) is 10.7. The normalized spacial score (nSPS) is 14.6.